The van der Waals surface area contributed by atoms with Crippen LogP contribution >= 0.6 is 12.4 Å². The van der Waals surface area contributed by atoms with Gasteiger partial charge in [-0.3, -0.25) is 9.59 Å². The predicted molar refractivity (Wildman–Crippen MR) is 109 cm³/mol. The lowest BCUT2D eigenvalue weighted by molar-refractivity contribution is -0.133. The second kappa shape index (κ2) is 9.14. The quantitative estimate of drug-likeness (QED) is 0.785. The molecule has 1 aromatic carbocycles. The molecule has 0 aromatic heterocycles. The molecule has 2 N–H and O–H groups in total. The number of benzene rings is 1. The highest BCUT2D eigenvalue weighted by Gasteiger charge is 2.40. The average molecular weight is 408 g/mol. The van der Waals surface area contributed by atoms with E-state index >= 15 is 0 Å². The monoisotopic (exact) mass is 407 g/mol. The van der Waals surface area contributed by atoms with Crippen LogP contribution in [0, 0.1) is 5.92 Å². The molecule has 4 unspecified atom stereocenters. The largest absolute Gasteiger partial charge is 0.497 e. The van der Waals surface area contributed by atoms with E-state index in [1.165, 1.54) is 25.7 Å². The molecule has 4 atom stereocenters. The van der Waals surface area contributed by atoms with Crippen LogP contribution in [-0.4, -0.2) is 48.5 Å². The Balaban J connectivity index is 0.00000225. The van der Waals surface area contributed by atoms with Crippen molar-refractivity contribution >= 4 is 24.2 Å². The van der Waals surface area contributed by atoms with Gasteiger partial charge in [-0.15, -0.1) is 12.4 Å². The fourth-order valence-corrected chi connectivity index (χ4v) is 4.77. The van der Waals surface area contributed by atoms with E-state index in [0.717, 1.165) is 17.7 Å². The van der Waals surface area contributed by atoms with Crippen molar-refractivity contribution in [1.82, 2.24) is 15.5 Å². The van der Waals surface area contributed by atoms with Crippen molar-refractivity contribution in [3.63, 3.8) is 0 Å². The van der Waals surface area contributed by atoms with Gasteiger partial charge in [0, 0.05) is 19.1 Å². The zero-order valence-corrected chi connectivity index (χ0v) is 17.2. The Kier molecular flexibility index (Phi) is 6.83. The summed E-state index contributed by atoms with van der Waals surface area (Å²) in [7, 11) is 1.64. The van der Waals surface area contributed by atoms with Gasteiger partial charge in [0.2, 0.25) is 11.8 Å². The van der Waals surface area contributed by atoms with Crippen LogP contribution in [-0.2, 0) is 16.1 Å². The van der Waals surface area contributed by atoms with Crippen LogP contribution in [0.25, 0.3) is 0 Å². The van der Waals surface area contributed by atoms with E-state index in [4.69, 9.17) is 4.74 Å². The molecule has 7 heteroatoms. The zero-order chi connectivity index (χ0) is 18.8. The van der Waals surface area contributed by atoms with Crippen LogP contribution in [0.1, 0.15) is 44.1 Å². The maximum Gasteiger partial charge on any atom is 0.245 e. The van der Waals surface area contributed by atoms with Gasteiger partial charge in [0.1, 0.15) is 11.8 Å². The van der Waals surface area contributed by atoms with Crippen LogP contribution in [0.3, 0.4) is 0 Å². The van der Waals surface area contributed by atoms with Gasteiger partial charge >= 0.3 is 0 Å². The number of halogens is 1. The van der Waals surface area contributed by atoms with Gasteiger partial charge in [-0.25, -0.2) is 0 Å². The lowest BCUT2D eigenvalue weighted by Crippen LogP contribution is -2.49. The number of likely N-dealkylation sites (tertiary alicyclic amines) is 1. The summed E-state index contributed by atoms with van der Waals surface area (Å²) >= 11 is 0. The van der Waals surface area contributed by atoms with Crippen molar-refractivity contribution in [3.8, 4) is 5.75 Å². The Bertz CT molecular complexity index is 683. The molecular weight excluding hydrogens is 378 g/mol. The number of nitrogens with one attached hydrogen (secondary N) is 2. The first-order valence-electron chi connectivity index (χ1n) is 10.1. The number of hydrogen-bond acceptors (Lipinski definition) is 4. The molecule has 0 radical (unpaired) electrons. The molecule has 2 aliphatic heterocycles. The number of amides is 2. The number of fused-ring (bicyclic) bond motifs is 1. The van der Waals surface area contributed by atoms with E-state index in [2.05, 4.69) is 10.6 Å². The number of ether oxygens (including phenoxy) is 1. The number of carbonyl (C=O) groups excluding carboxylic acids is 2. The molecule has 4 rings (SSSR count). The standard InChI is InChI=1S/C21H29N3O3.ClH/c1-27-16-8-6-14(7-9-16)13-24-11-10-18(21(24)26)23-20(25)19-12-15-4-2-3-5-17(15)22-19;/h6-9,15,17-19,22H,2-5,10-13H2,1H3,(H,23,25);1H. The number of hydrogen-bond donors (Lipinski definition) is 2. The summed E-state index contributed by atoms with van der Waals surface area (Å²) in [6.07, 6.45) is 6.52. The molecule has 0 spiro atoms. The minimum atomic E-state index is -0.389. The first kappa shape index (κ1) is 20.9. The van der Waals surface area contributed by atoms with E-state index < -0.39 is 0 Å². The molecule has 154 valence electrons. The molecular formula is C21H30ClN3O3. The number of carbonyl (C=O) groups is 2. The Hall–Kier alpha value is -1.79. The molecule has 28 heavy (non-hydrogen) atoms. The Morgan fingerprint density at radius 3 is 2.68 bits per heavy atom. The molecule has 1 saturated carbocycles. The SMILES string of the molecule is COc1ccc(CN2CCC(NC(=O)C3CC4CCCCC4N3)C2=O)cc1.Cl. The fraction of sp³-hybridized carbons (Fsp3) is 0.619. The normalized spacial score (nSPS) is 29.2. The van der Waals surface area contributed by atoms with Gasteiger partial charge in [0.05, 0.1) is 13.2 Å². The summed E-state index contributed by atoms with van der Waals surface area (Å²) in [6, 6.07) is 7.72. The maximum absolute atomic E-state index is 12.7. The topological polar surface area (TPSA) is 70.7 Å². The van der Waals surface area contributed by atoms with Gasteiger partial charge in [-0.1, -0.05) is 25.0 Å². The van der Waals surface area contributed by atoms with Crippen LogP contribution < -0.4 is 15.4 Å². The summed E-state index contributed by atoms with van der Waals surface area (Å²) in [6.45, 7) is 1.25. The maximum atomic E-state index is 12.7. The Labute approximate surface area is 172 Å². The minimum Gasteiger partial charge on any atom is -0.497 e. The Morgan fingerprint density at radius 1 is 1.21 bits per heavy atom. The van der Waals surface area contributed by atoms with Gasteiger partial charge in [-0.05, 0) is 49.3 Å². The lowest BCUT2D eigenvalue weighted by Gasteiger charge is -2.24. The van der Waals surface area contributed by atoms with Crippen molar-refractivity contribution in [2.75, 3.05) is 13.7 Å². The molecule has 0 bridgehead atoms. The summed E-state index contributed by atoms with van der Waals surface area (Å²) in [5.74, 6) is 1.45. The minimum absolute atomic E-state index is 0. The predicted octanol–water partition coefficient (Wildman–Crippen LogP) is 2.25. The third-order valence-corrected chi connectivity index (χ3v) is 6.33. The smallest absolute Gasteiger partial charge is 0.245 e. The highest BCUT2D eigenvalue weighted by molar-refractivity contribution is 5.91. The highest BCUT2D eigenvalue weighted by atomic mass is 35.5. The van der Waals surface area contributed by atoms with E-state index in [-0.39, 0.29) is 36.3 Å². The van der Waals surface area contributed by atoms with Gasteiger partial charge in [0.25, 0.3) is 0 Å². The molecule has 3 aliphatic rings. The van der Waals surface area contributed by atoms with Crippen LogP contribution in [0.5, 0.6) is 5.75 Å². The van der Waals surface area contributed by atoms with Crippen molar-refractivity contribution in [3.05, 3.63) is 29.8 Å². The third-order valence-electron chi connectivity index (χ3n) is 6.33. The van der Waals surface area contributed by atoms with Crippen molar-refractivity contribution < 1.29 is 14.3 Å². The third kappa shape index (κ3) is 4.44. The number of rotatable bonds is 5. The Morgan fingerprint density at radius 2 is 1.96 bits per heavy atom. The lowest BCUT2D eigenvalue weighted by atomic mass is 9.85. The summed E-state index contributed by atoms with van der Waals surface area (Å²) in [4.78, 5) is 27.2. The number of nitrogens with zero attached hydrogens (tertiary/aromatic N) is 1. The van der Waals surface area contributed by atoms with Crippen molar-refractivity contribution in [2.45, 2.75) is 63.2 Å². The summed E-state index contributed by atoms with van der Waals surface area (Å²) < 4.78 is 5.17. The van der Waals surface area contributed by atoms with Crippen molar-refractivity contribution in [1.29, 1.82) is 0 Å². The molecule has 1 aromatic rings. The summed E-state index contributed by atoms with van der Waals surface area (Å²) in [5.41, 5.74) is 1.07. The molecule has 6 nitrogen and oxygen atoms in total. The molecule has 1 aliphatic carbocycles. The average Bonchev–Trinajstić information content (AvgIpc) is 3.27. The fourth-order valence-electron chi connectivity index (χ4n) is 4.77. The van der Waals surface area contributed by atoms with Crippen LogP contribution in [0.2, 0.25) is 0 Å². The number of methoxy groups -OCH3 is 1. The zero-order valence-electron chi connectivity index (χ0n) is 16.4. The first-order chi connectivity index (χ1) is 13.1. The second-order valence-corrected chi connectivity index (χ2v) is 8.06. The highest BCUT2D eigenvalue weighted by Crippen LogP contribution is 2.33. The van der Waals surface area contributed by atoms with Gasteiger partial charge < -0.3 is 20.3 Å². The van der Waals surface area contributed by atoms with Crippen LogP contribution in [0.4, 0.5) is 0 Å². The van der Waals surface area contributed by atoms with E-state index in [1.54, 1.807) is 7.11 Å². The van der Waals surface area contributed by atoms with Crippen LogP contribution in [0.15, 0.2) is 24.3 Å². The van der Waals surface area contributed by atoms with E-state index in [9.17, 15) is 9.59 Å². The second-order valence-electron chi connectivity index (χ2n) is 8.06. The van der Waals surface area contributed by atoms with Gasteiger partial charge in [-0.2, -0.15) is 0 Å². The molecule has 3 fully saturated rings. The summed E-state index contributed by atoms with van der Waals surface area (Å²) in [5, 5.41) is 6.50. The molecule has 2 amide bonds. The first-order valence-corrected chi connectivity index (χ1v) is 10.1. The van der Waals surface area contributed by atoms with E-state index in [1.807, 2.05) is 29.2 Å². The van der Waals surface area contributed by atoms with Gasteiger partial charge in [0.15, 0.2) is 0 Å². The van der Waals surface area contributed by atoms with E-state index in [0.29, 0.717) is 31.5 Å². The molecule has 2 heterocycles. The molecule has 2 saturated heterocycles. The van der Waals surface area contributed by atoms with Crippen molar-refractivity contribution in [2.24, 2.45) is 5.92 Å².